The molecule has 0 radical (unpaired) electrons. The summed E-state index contributed by atoms with van der Waals surface area (Å²) in [6.45, 7) is 2.98. The number of ether oxygens (including phenoxy) is 1. The Morgan fingerprint density at radius 3 is 2.78 bits per heavy atom. The quantitative estimate of drug-likeness (QED) is 0.397. The molecular weight excluding hydrogens is 314 g/mol. The van der Waals surface area contributed by atoms with E-state index in [-0.39, 0.29) is 0 Å². The highest BCUT2D eigenvalue weighted by molar-refractivity contribution is 6.30. The van der Waals surface area contributed by atoms with Crippen LogP contribution in [-0.2, 0) is 0 Å². The van der Waals surface area contributed by atoms with Crippen LogP contribution < -0.4 is 4.74 Å². The topological polar surface area (TPSA) is 58.0 Å². The minimum absolute atomic E-state index is 0.324. The first kappa shape index (κ1) is 15.6. The van der Waals surface area contributed by atoms with Crippen molar-refractivity contribution >= 4 is 17.4 Å². The van der Waals surface area contributed by atoms with Gasteiger partial charge in [-0.2, -0.15) is 0 Å². The molecule has 0 spiro atoms. The van der Waals surface area contributed by atoms with E-state index in [4.69, 9.17) is 16.3 Å². The van der Waals surface area contributed by atoms with Crippen molar-refractivity contribution in [3.05, 3.63) is 53.2 Å². The molecule has 6 heteroatoms. The van der Waals surface area contributed by atoms with Gasteiger partial charge in [-0.3, -0.25) is 0 Å². The van der Waals surface area contributed by atoms with Gasteiger partial charge in [0.05, 0.1) is 5.56 Å². The van der Waals surface area contributed by atoms with Crippen LogP contribution in [0, 0.1) is 0 Å². The van der Waals surface area contributed by atoms with Crippen molar-refractivity contribution in [2.24, 2.45) is 5.16 Å². The number of oxime groups is 1. The molecule has 1 atom stereocenters. The molecule has 0 aliphatic carbocycles. The summed E-state index contributed by atoms with van der Waals surface area (Å²) in [5, 5.41) is 13.7. The largest absolute Gasteiger partial charge is 0.438 e. The van der Waals surface area contributed by atoms with Crippen LogP contribution in [0.2, 0.25) is 5.02 Å². The Balaban J connectivity index is 1.92. The molecule has 1 aromatic carbocycles. The van der Waals surface area contributed by atoms with Crippen LogP contribution in [0.1, 0.15) is 25.3 Å². The Morgan fingerprint density at radius 2 is 2.13 bits per heavy atom. The molecule has 5 nitrogen and oxygen atoms in total. The minimum atomic E-state index is 0.324. The average Bonchev–Trinajstić information content (AvgIpc) is 2.98. The number of likely N-dealkylation sites (tertiary alicyclic amines) is 1. The normalized spacial score (nSPS) is 18.3. The second-order valence-electron chi connectivity index (χ2n) is 5.52. The number of halogens is 1. The molecule has 1 N–H and O–H groups in total. The number of benzene rings is 1. The first-order valence-corrected chi connectivity index (χ1v) is 7.94. The smallest absolute Gasteiger partial charge is 0.230 e. The number of aromatic nitrogens is 1. The number of rotatable bonds is 3. The van der Waals surface area contributed by atoms with E-state index >= 15 is 0 Å². The molecule has 23 heavy (non-hydrogen) atoms. The van der Waals surface area contributed by atoms with Crippen molar-refractivity contribution in [1.82, 2.24) is 9.88 Å². The molecule has 0 bridgehead atoms. The third-order valence-corrected chi connectivity index (χ3v) is 4.21. The number of hydrogen-bond acceptors (Lipinski definition) is 4. The molecule has 1 aromatic heterocycles. The van der Waals surface area contributed by atoms with E-state index in [0.717, 1.165) is 19.4 Å². The highest BCUT2D eigenvalue weighted by Gasteiger charge is 2.27. The van der Waals surface area contributed by atoms with E-state index < -0.39 is 0 Å². The molecule has 1 aliphatic rings. The van der Waals surface area contributed by atoms with Gasteiger partial charge in [-0.05, 0) is 56.2 Å². The van der Waals surface area contributed by atoms with Gasteiger partial charge in [-0.25, -0.2) is 4.98 Å². The summed E-state index contributed by atoms with van der Waals surface area (Å²) in [6, 6.07) is 11.0. The number of nitrogens with zero attached hydrogens (tertiary/aromatic N) is 3. The standard InChI is InChI=1S/C17H18ClN3O2/c1-12-4-3-11-21(12)16(20-22)15-5-2-10-19-17(15)23-14-8-6-13(18)7-9-14/h2,5-10,12,22H,3-4,11H2,1H3/b20-16-. The molecule has 2 aromatic rings. The van der Waals surface area contributed by atoms with Gasteiger partial charge in [-0.1, -0.05) is 16.8 Å². The molecular formula is C17H18ClN3O2. The molecule has 1 saturated heterocycles. The van der Waals surface area contributed by atoms with E-state index in [0.29, 0.717) is 34.1 Å². The lowest BCUT2D eigenvalue weighted by Crippen LogP contribution is -2.34. The minimum Gasteiger partial charge on any atom is -0.438 e. The Kier molecular flexibility index (Phi) is 4.67. The van der Waals surface area contributed by atoms with Gasteiger partial charge >= 0.3 is 0 Å². The van der Waals surface area contributed by atoms with E-state index in [2.05, 4.69) is 22.0 Å². The van der Waals surface area contributed by atoms with E-state index in [1.165, 1.54) is 0 Å². The van der Waals surface area contributed by atoms with Crippen LogP contribution in [0.4, 0.5) is 0 Å². The van der Waals surface area contributed by atoms with Crippen LogP contribution in [0.3, 0.4) is 0 Å². The highest BCUT2D eigenvalue weighted by atomic mass is 35.5. The van der Waals surface area contributed by atoms with Gasteiger partial charge in [0.15, 0.2) is 5.84 Å². The van der Waals surface area contributed by atoms with Gasteiger partial charge in [0, 0.05) is 23.8 Å². The molecule has 0 saturated carbocycles. The van der Waals surface area contributed by atoms with E-state index in [1.807, 2.05) is 6.07 Å². The predicted molar refractivity (Wildman–Crippen MR) is 89.5 cm³/mol. The van der Waals surface area contributed by atoms with Crippen molar-refractivity contribution in [3.8, 4) is 11.6 Å². The first-order valence-electron chi connectivity index (χ1n) is 7.56. The van der Waals surface area contributed by atoms with Crippen LogP contribution in [0.25, 0.3) is 0 Å². The zero-order valence-electron chi connectivity index (χ0n) is 12.8. The van der Waals surface area contributed by atoms with Gasteiger partial charge in [0.2, 0.25) is 5.88 Å². The molecule has 120 valence electrons. The summed E-state index contributed by atoms with van der Waals surface area (Å²) in [6.07, 6.45) is 3.80. The van der Waals surface area contributed by atoms with Gasteiger partial charge in [0.1, 0.15) is 5.75 Å². The van der Waals surface area contributed by atoms with Crippen LogP contribution in [-0.4, -0.2) is 33.5 Å². The molecule has 1 fully saturated rings. The van der Waals surface area contributed by atoms with Crippen molar-refractivity contribution in [2.45, 2.75) is 25.8 Å². The number of pyridine rings is 1. The summed E-state index contributed by atoms with van der Waals surface area (Å²) < 4.78 is 5.85. The summed E-state index contributed by atoms with van der Waals surface area (Å²) in [4.78, 5) is 6.36. The summed E-state index contributed by atoms with van der Waals surface area (Å²) in [7, 11) is 0. The van der Waals surface area contributed by atoms with Gasteiger partial charge < -0.3 is 14.8 Å². The lowest BCUT2D eigenvalue weighted by atomic mass is 10.2. The second kappa shape index (κ2) is 6.87. The van der Waals surface area contributed by atoms with Crippen LogP contribution >= 0.6 is 11.6 Å². The molecule has 1 unspecified atom stereocenters. The Morgan fingerprint density at radius 1 is 1.35 bits per heavy atom. The fourth-order valence-electron chi connectivity index (χ4n) is 2.77. The fraction of sp³-hybridized carbons (Fsp3) is 0.294. The lowest BCUT2D eigenvalue weighted by molar-refractivity contribution is 0.298. The maximum Gasteiger partial charge on any atom is 0.230 e. The van der Waals surface area contributed by atoms with Gasteiger partial charge in [-0.15, -0.1) is 0 Å². The Hall–Kier alpha value is -2.27. The van der Waals surface area contributed by atoms with Crippen molar-refractivity contribution in [3.63, 3.8) is 0 Å². The van der Waals surface area contributed by atoms with Crippen molar-refractivity contribution < 1.29 is 9.94 Å². The maximum absolute atomic E-state index is 9.53. The summed E-state index contributed by atoms with van der Waals surface area (Å²) in [5.74, 6) is 1.52. The molecule has 3 rings (SSSR count). The summed E-state index contributed by atoms with van der Waals surface area (Å²) in [5.41, 5.74) is 0.665. The number of hydrogen-bond donors (Lipinski definition) is 1. The zero-order chi connectivity index (χ0) is 16.2. The lowest BCUT2D eigenvalue weighted by Gasteiger charge is -2.24. The van der Waals surface area contributed by atoms with Gasteiger partial charge in [0.25, 0.3) is 0 Å². The molecule has 1 aliphatic heterocycles. The fourth-order valence-corrected chi connectivity index (χ4v) is 2.90. The molecule has 0 amide bonds. The van der Waals surface area contributed by atoms with Crippen LogP contribution in [0.5, 0.6) is 11.6 Å². The zero-order valence-corrected chi connectivity index (χ0v) is 13.6. The first-order chi connectivity index (χ1) is 11.2. The monoisotopic (exact) mass is 331 g/mol. The Labute approximate surface area is 140 Å². The van der Waals surface area contributed by atoms with E-state index in [1.54, 1.807) is 36.5 Å². The third kappa shape index (κ3) is 3.40. The predicted octanol–water partition coefficient (Wildman–Crippen LogP) is 4.15. The molecule has 2 heterocycles. The SMILES string of the molecule is CC1CCCN1/C(=N\O)c1cccnc1Oc1ccc(Cl)cc1. The van der Waals surface area contributed by atoms with Crippen molar-refractivity contribution in [1.29, 1.82) is 0 Å². The Bertz CT molecular complexity index is 703. The average molecular weight is 332 g/mol. The highest BCUT2D eigenvalue weighted by Crippen LogP contribution is 2.28. The van der Waals surface area contributed by atoms with E-state index in [9.17, 15) is 5.21 Å². The third-order valence-electron chi connectivity index (χ3n) is 3.96. The second-order valence-corrected chi connectivity index (χ2v) is 5.96. The maximum atomic E-state index is 9.53. The number of amidine groups is 1. The summed E-state index contributed by atoms with van der Waals surface area (Å²) >= 11 is 5.89. The van der Waals surface area contributed by atoms with Crippen LogP contribution in [0.15, 0.2) is 47.8 Å². The van der Waals surface area contributed by atoms with Crippen molar-refractivity contribution in [2.75, 3.05) is 6.54 Å².